The third-order valence-corrected chi connectivity index (χ3v) is 4.58. The lowest BCUT2D eigenvalue weighted by molar-refractivity contribution is 0.233. The van der Waals surface area contributed by atoms with Crippen molar-refractivity contribution in [2.24, 2.45) is 0 Å². The monoisotopic (exact) mass is 303 g/mol. The van der Waals surface area contributed by atoms with E-state index >= 15 is 0 Å². The van der Waals surface area contributed by atoms with Gasteiger partial charge >= 0.3 is 0 Å². The van der Waals surface area contributed by atoms with Crippen LogP contribution in [0.15, 0.2) is 23.6 Å². The molecule has 0 bridgehead atoms. The van der Waals surface area contributed by atoms with Crippen molar-refractivity contribution in [2.45, 2.75) is 13.5 Å². The Kier molecular flexibility index (Phi) is 4.53. The molecule has 112 valence electrons. The van der Waals surface area contributed by atoms with Crippen LogP contribution in [0.3, 0.4) is 0 Å². The summed E-state index contributed by atoms with van der Waals surface area (Å²) in [6.07, 6.45) is 0. The molecule has 0 unspecified atom stereocenters. The molecule has 0 saturated carbocycles. The summed E-state index contributed by atoms with van der Waals surface area (Å²) in [6, 6.07) is 6.22. The molecule has 1 aliphatic heterocycles. The maximum atomic E-state index is 5.46. The van der Waals surface area contributed by atoms with Gasteiger partial charge in [-0.15, -0.1) is 11.3 Å². The molecule has 0 radical (unpaired) electrons. The van der Waals surface area contributed by atoms with E-state index < -0.39 is 0 Å². The van der Waals surface area contributed by atoms with Gasteiger partial charge in [-0.3, -0.25) is 4.90 Å². The molecule has 1 saturated heterocycles. The first-order chi connectivity index (χ1) is 10.3. The van der Waals surface area contributed by atoms with Crippen molar-refractivity contribution in [3.05, 3.63) is 34.2 Å². The van der Waals surface area contributed by atoms with Crippen LogP contribution in [0, 0.1) is 6.92 Å². The number of benzene rings is 1. The number of aromatic nitrogens is 1. The van der Waals surface area contributed by atoms with Crippen molar-refractivity contribution < 1.29 is 4.74 Å². The topological polar surface area (TPSA) is 37.4 Å². The Morgan fingerprint density at radius 2 is 2.14 bits per heavy atom. The van der Waals surface area contributed by atoms with Gasteiger partial charge in [0.1, 0.15) is 10.8 Å². The fourth-order valence-electron chi connectivity index (χ4n) is 2.59. The Morgan fingerprint density at radius 3 is 2.90 bits per heavy atom. The summed E-state index contributed by atoms with van der Waals surface area (Å²) in [4.78, 5) is 7.25. The second-order valence-corrected chi connectivity index (χ2v) is 6.30. The van der Waals surface area contributed by atoms with E-state index in [0.29, 0.717) is 0 Å². The number of thiazole rings is 1. The molecule has 0 atom stereocenters. The normalized spacial score (nSPS) is 16.1. The van der Waals surface area contributed by atoms with Crippen LogP contribution in [-0.2, 0) is 6.54 Å². The van der Waals surface area contributed by atoms with E-state index in [1.807, 2.05) is 6.07 Å². The number of methoxy groups -OCH3 is 1. The maximum Gasteiger partial charge on any atom is 0.128 e. The molecule has 1 aliphatic rings. The van der Waals surface area contributed by atoms with Crippen molar-refractivity contribution in [2.75, 3.05) is 33.3 Å². The Morgan fingerprint density at radius 1 is 1.33 bits per heavy atom. The van der Waals surface area contributed by atoms with Gasteiger partial charge in [-0.2, -0.15) is 0 Å². The molecule has 2 aromatic rings. The molecule has 1 fully saturated rings. The molecule has 0 spiro atoms. The first kappa shape index (κ1) is 14.5. The number of nitrogens with zero attached hydrogens (tertiary/aromatic N) is 2. The van der Waals surface area contributed by atoms with Crippen LogP contribution >= 0.6 is 11.3 Å². The Labute approximate surface area is 129 Å². The number of hydrogen-bond donors (Lipinski definition) is 1. The zero-order valence-electron chi connectivity index (χ0n) is 12.6. The van der Waals surface area contributed by atoms with E-state index in [9.17, 15) is 0 Å². The van der Waals surface area contributed by atoms with Crippen LogP contribution in [0.2, 0.25) is 0 Å². The van der Waals surface area contributed by atoms with Crippen LogP contribution < -0.4 is 10.1 Å². The highest BCUT2D eigenvalue weighted by atomic mass is 32.1. The van der Waals surface area contributed by atoms with E-state index in [2.05, 4.69) is 34.7 Å². The predicted octanol–water partition coefficient (Wildman–Crippen LogP) is 2.53. The maximum absolute atomic E-state index is 5.46. The minimum atomic E-state index is 0.889. The summed E-state index contributed by atoms with van der Waals surface area (Å²) < 4.78 is 5.46. The summed E-state index contributed by atoms with van der Waals surface area (Å²) in [5.74, 6) is 0.889. The first-order valence-electron chi connectivity index (χ1n) is 7.29. The number of hydrogen-bond acceptors (Lipinski definition) is 5. The van der Waals surface area contributed by atoms with Gasteiger partial charge in [0.2, 0.25) is 0 Å². The van der Waals surface area contributed by atoms with Gasteiger partial charge < -0.3 is 10.1 Å². The molecule has 0 amide bonds. The predicted molar refractivity (Wildman–Crippen MR) is 87.0 cm³/mol. The second-order valence-electron chi connectivity index (χ2n) is 5.36. The summed E-state index contributed by atoms with van der Waals surface area (Å²) in [7, 11) is 1.71. The van der Waals surface area contributed by atoms with Crippen molar-refractivity contribution in [3.8, 4) is 17.0 Å². The van der Waals surface area contributed by atoms with Gasteiger partial charge in [-0.1, -0.05) is 11.6 Å². The highest BCUT2D eigenvalue weighted by Crippen LogP contribution is 2.31. The van der Waals surface area contributed by atoms with Crippen molar-refractivity contribution >= 4 is 11.3 Å². The average Bonchev–Trinajstić information content (AvgIpc) is 2.96. The Balaban J connectivity index is 1.79. The van der Waals surface area contributed by atoms with E-state index in [-0.39, 0.29) is 0 Å². The summed E-state index contributed by atoms with van der Waals surface area (Å²) >= 11 is 1.73. The lowest BCUT2D eigenvalue weighted by Gasteiger charge is -2.26. The highest BCUT2D eigenvalue weighted by molar-refractivity contribution is 7.09. The fraction of sp³-hybridized carbons (Fsp3) is 0.438. The molecule has 1 N–H and O–H groups in total. The van der Waals surface area contributed by atoms with Crippen LogP contribution in [0.5, 0.6) is 5.75 Å². The van der Waals surface area contributed by atoms with Crippen molar-refractivity contribution in [3.63, 3.8) is 0 Å². The molecular weight excluding hydrogens is 282 g/mol. The molecule has 2 heterocycles. The third kappa shape index (κ3) is 3.43. The minimum Gasteiger partial charge on any atom is -0.496 e. The lowest BCUT2D eigenvalue weighted by atomic mass is 10.1. The molecule has 3 rings (SSSR count). The summed E-state index contributed by atoms with van der Waals surface area (Å²) in [5, 5.41) is 6.69. The second kappa shape index (κ2) is 6.56. The Hall–Kier alpha value is -1.43. The highest BCUT2D eigenvalue weighted by Gasteiger charge is 2.14. The van der Waals surface area contributed by atoms with Gasteiger partial charge in [0.25, 0.3) is 0 Å². The third-order valence-electron chi connectivity index (χ3n) is 3.75. The summed E-state index contributed by atoms with van der Waals surface area (Å²) in [5.41, 5.74) is 3.33. The molecule has 5 heteroatoms. The first-order valence-corrected chi connectivity index (χ1v) is 8.17. The molecule has 0 aliphatic carbocycles. The van der Waals surface area contributed by atoms with E-state index in [0.717, 1.165) is 49.7 Å². The van der Waals surface area contributed by atoms with Crippen LogP contribution in [0.1, 0.15) is 10.6 Å². The van der Waals surface area contributed by atoms with Crippen LogP contribution in [-0.4, -0.2) is 43.2 Å². The minimum absolute atomic E-state index is 0.889. The zero-order chi connectivity index (χ0) is 14.7. The lowest BCUT2D eigenvalue weighted by Crippen LogP contribution is -2.42. The van der Waals surface area contributed by atoms with E-state index in [1.54, 1.807) is 18.4 Å². The fourth-order valence-corrected chi connectivity index (χ4v) is 3.43. The number of piperazine rings is 1. The molecular formula is C16H21N3OS. The Bertz CT molecular complexity index is 605. The SMILES string of the molecule is COc1ccc(C)cc1-c1csc(CN2CCNCC2)n1. The largest absolute Gasteiger partial charge is 0.496 e. The van der Waals surface area contributed by atoms with E-state index in [4.69, 9.17) is 9.72 Å². The molecule has 21 heavy (non-hydrogen) atoms. The number of rotatable bonds is 4. The quantitative estimate of drug-likeness (QED) is 0.942. The number of ether oxygens (including phenoxy) is 1. The van der Waals surface area contributed by atoms with Crippen LogP contribution in [0.4, 0.5) is 0 Å². The van der Waals surface area contributed by atoms with Gasteiger partial charge in [-0.05, 0) is 19.1 Å². The molecule has 1 aromatic heterocycles. The van der Waals surface area contributed by atoms with Gasteiger partial charge in [-0.25, -0.2) is 4.98 Å². The molecule has 1 aromatic carbocycles. The summed E-state index contributed by atoms with van der Waals surface area (Å²) in [6.45, 7) is 7.39. The number of aryl methyl sites for hydroxylation is 1. The zero-order valence-corrected chi connectivity index (χ0v) is 13.4. The standard InChI is InChI=1S/C16H21N3OS/c1-12-3-4-15(20-2)13(9-12)14-11-21-16(18-14)10-19-7-5-17-6-8-19/h3-4,9,11,17H,5-8,10H2,1-2H3. The van der Waals surface area contributed by atoms with Gasteiger partial charge in [0, 0.05) is 37.1 Å². The van der Waals surface area contributed by atoms with Gasteiger partial charge in [0.05, 0.1) is 19.3 Å². The smallest absolute Gasteiger partial charge is 0.128 e. The number of nitrogens with one attached hydrogen (secondary N) is 1. The van der Waals surface area contributed by atoms with Crippen molar-refractivity contribution in [1.82, 2.24) is 15.2 Å². The molecule has 4 nitrogen and oxygen atoms in total. The van der Waals surface area contributed by atoms with Crippen LogP contribution in [0.25, 0.3) is 11.3 Å². The average molecular weight is 303 g/mol. The van der Waals surface area contributed by atoms with Crippen molar-refractivity contribution in [1.29, 1.82) is 0 Å². The van der Waals surface area contributed by atoms with E-state index in [1.165, 1.54) is 10.6 Å². The van der Waals surface area contributed by atoms with Gasteiger partial charge in [0.15, 0.2) is 0 Å².